The summed E-state index contributed by atoms with van der Waals surface area (Å²) in [7, 11) is 0. The van der Waals surface area contributed by atoms with E-state index in [1.807, 2.05) is 0 Å². The molecule has 0 spiro atoms. The van der Waals surface area contributed by atoms with Crippen LogP contribution in [-0.2, 0) is 4.74 Å². The highest BCUT2D eigenvalue weighted by molar-refractivity contribution is 5.69. The Bertz CT molecular complexity index is 807. The minimum atomic E-state index is -0.0821. The van der Waals surface area contributed by atoms with E-state index in [1.165, 1.54) is 33.6 Å². The molecule has 34 heavy (non-hydrogen) atoms. The van der Waals surface area contributed by atoms with Gasteiger partial charge in [0.25, 0.3) is 0 Å². The zero-order chi connectivity index (χ0) is 25.0. The van der Waals surface area contributed by atoms with Gasteiger partial charge in [-0.1, -0.05) is 105 Å². The standard InChI is InChI=1S/C31H48N2O/c1-10-11-20-34-31-32(29-25(21(2)3)14-12-15-26(29)22(4)5)18-19-33(31)30-27(23(6)7)16-13-17-28(30)24(8)9/h12-17,21-24,31H,10-11,18-20H2,1-9H3. The molecule has 0 bridgehead atoms. The first-order valence-electron chi connectivity index (χ1n) is 13.6. The van der Waals surface area contributed by atoms with Crippen LogP contribution in [0.3, 0.4) is 0 Å². The van der Waals surface area contributed by atoms with Crippen molar-refractivity contribution in [2.75, 3.05) is 29.5 Å². The fourth-order valence-electron chi connectivity index (χ4n) is 5.25. The quantitative estimate of drug-likeness (QED) is 0.327. The van der Waals surface area contributed by atoms with E-state index < -0.39 is 0 Å². The predicted molar refractivity (Wildman–Crippen MR) is 149 cm³/mol. The summed E-state index contributed by atoms with van der Waals surface area (Å²) in [5, 5.41) is 0. The van der Waals surface area contributed by atoms with Crippen LogP contribution in [-0.4, -0.2) is 26.0 Å². The SMILES string of the molecule is CCCCOC1N(c2c(C(C)C)cccc2C(C)C)CCN1c1c(C(C)C)cccc1C(C)C. The molecular formula is C31H48N2O. The number of unbranched alkanes of at least 4 members (excludes halogenated alkanes) is 1. The van der Waals surface area contributed by atoms with Gasteiger partial charge in [-0.2, -0.15) is 0 Å². The Kier molecular flexibility index (Phi) is 9.09. The second kappa shape index (κ2) is 11.6. The third-order valence-electron chi connectivity index (χ3n) is 7.14. The Morgan fingerprint density at radius 1 is 0.676 bits per heavy atom. The summed E-state index contributed by atoms with van der Waals surface area (Å²) in [5.41, 5.74) is 8.50. The summed E-state index contributed by atoms with van der Waals surface area (Å²) in [6.07, 6.45) is 2.15. The van der Waals surface area contributed by atoms with E-state index in [0.29, 0.717) is 23.7 Å². The van der Waals surface area contributed by atoms with Crippen LogP contribution in [0.25, 0.3) is 0 Å². The smallest absolute Gasteiger partial charge is 0.210 e. The van der Waals surface area contributed by atoms with E-state index in [1.54, 1.807) is 0 Å². The van der Waals surface area contributed by atoms with E-state index in [9.17, 15) is 0 Å². The number of hydrogen-bond donors (Lipinski definition) is 0. The first-order valence-corrected chi connectivity index (χ1v) is 13.6. The molecule has 3 nitrogen and oxygen atoms in total. The van der Waals surface area contributed by atoms with Crippen molar-refractivity contribution in [2.24, 2.45) is 0 Å². The minimum Gasteiger partial charge on any atom is -0.340 e. The Balaban J connectivity index is 2.17. The molecule has 0 unspecified atom stereocenters. The fraction of sp³-hybridized carbons (Fsp3) is 0.613. The third-order valence-corrected chi connectivity index (χ3v) is 7.14. The van der Waals surface area contributed by atoms with Crippen molar-refractivity contribution >= 4 is 11.4 Å². The number of ether oxygens (including phenoxy) is 1. The van der Waals surface area contributed by atoms with Gasteiger partial charge >= 0.3 is 0 Å². The topological polar surface area (TPSA) is 15.7 Å². The number of para-hydroxylation sites is 2. The van der Waals surface area contributed by atoms with Crippen molar-refractivity contribution in [2.45, 2.75) is 105 Å². The van der Waals surface area contributed by atoms with Crippen molar-refractivity contribution in [3.63, 3.8) is 0 Å². The Morgan fingerprint density at radius 2 is 1.03 bits per heavy atom. The van der Waals surface area contributed by atoms with Gasteiger partial charge in [-0.25, -0.2) is 0 Å². The van der Waals surface area contributed by atoms with Crippen molar-refractivity contribution in [3.05, 3.63) is 58.7 Å². The molecule has 1 aliphatic rings. The zero-order valence-corrected chi connectivity index (χ0v) is 23.2. The summed E-state index contributed by atoms with van der Waals surface area (Å²) in [6, 6.07) is 13.7. The van der Waals surface area contributed by atoms with Crippen molar-refractivity contribution < 1.29 is 4.74 Å². The minimum absolute atomic E-state index is 0.0821. The highest BCUT2D eigenvalue weighted by Crippen LogP contribution is 2.43. The lowest BCUT2D eigenvalue weighted by molar-refractivity contribution is 0.0604. The van der Waals surface area contributed by atoms with Gasteiger partial charge < -0.3 is 14.5 Å². The van der Waals surface area contributed by atoms with Crippen LogP contribution in [0.2, 0.25) is 0 Å². The largest absolute Gasteiger partial charge is 0.340 e. The molecule has 0 atom stereocenters. The summed E-state index contributed by atoms with van der Waals surface area (Å²) in [6.45, 7) is 23.5. The molecule has 3 rings (SSSR count). The normalized spacial score (nSPS) is 15.1. The Labute approximate surface area is 209 Å². The molecule has 2 aromatic carbocycles. The van der Waals surface area contributed by atoms with Gasteiger partial charge in [0.05, 0.1) is 6.61 Å². The van der Waals surface area contributed by atoms with Gasteiger partial charge in [0.1, 0.15) is 0 Å². The summed E-state index contributed by atoms with van der Waals surface area (Å²) in [5.74, 6) is 1.86. The maximum absolute atomic E-state index is 6.77. The lowest BCUT2D eigenvalue weighted by atomic mass is 9.91. The summed E-state index contributed by atoms with van der Waals surface area (Å²) in [4.78, 5) is 5.14. The van der Waals surface area contributed by atoms with Gasteiger partial charge in [0, 0.05) is 24.5 Å². The monoisotopic (exact) mass is 464 g/mol. The predicted octanol–water partition coefficient (Wildman–Crippen LogP) is 8.61. The molecule has 0 amide bonds. The van der Waals surface area contributed by atoms with Crippen LogP contribution < -0.4 is 9.80 Å². The molecule has 188 valence electrons. The van der Waals surface area contributed by atoms with E-state index >= 15 is 0 Å². The van der Waals surface area contributed by atoms with Gasteiger partial charge in [0.2, 0.25) is 6.35 Å². The molecule has 0 aromatic heterocycles. The first kappa shape index (κ1) is 26.6. The molecule has 1 fully saturated rings. The van der Waals surface area contributed by atoms with Crippen LogP contribution in [0.15, 0.2) is 36.4 Å². The molecule has 0 radical (unpaired) electrons. The summed E-state index contributed by atoms with van der Waals surface area (Å²) >= 11 is 0. The second-order valence-electron chi connectivity index (χ2n) is 11.1. The van der Waals surface area contributed by atoms with Crippen LogP contribution in [0.1, 0.15) is 121 Å². The zero-order valence-electron chi connectivity index (χ0n) is 23.2. The maximum atomic E-state index is 6.77. The Hall–Kier alpha value is -2.00. The van der Waals surface area contributed by atoms with E-state index in [-0.39, 0.29) is 6.35 Å². The van der Waals surface area contributed by atoms with Gasteiger partial charge in [-0.3, -0.25) is 0 Å². The molecule has 0 saturated carbocycles. The molecule has 1 heterocycles. The van der Waals surface area contributed by atoms with Crippen LogP contribution in [0, 0.1) is 0 Å². The fourth-order valence-corrected chi connectivity index (χ4v) is 5.25. The van der Waals surface area contributed by atoms with Crippen LogP contribution >= 0.6 is 0 Å². The number of rotatable bonds is 10. The van der Waals surface area contributed by atoms with Crippen molar-refractivity contribution in [1.82, 2.24) is 0 Å². The third kappa shape index (κ3) is 5.46. The number of anilines is 2. The number of nitrogens with zero attached hydrogens (tertiary/aromatic N) is 2. The molecule has 0 aliphatic carbocycles. The molecule has 1 saturated heterocycles. The molecule has 3 heteroatoms. The highest BCUT2D eigenvalue weighted by atomic mass is 16.5. The van der Waals surface area contributed by atoms with E-state index in [2.05, 4.69) is 109 Å². The van der Waals surface area contributed by atoms with E-state index in [4.69, 9.17) is 4.74 Å². The first-order chi connectivity index (χ1) is 16.2. The second-order valence-corrected chi connectivity index (χ2v) is 11.1. The average Bonchev–Trinajstić information content (AvgIpc) is 3.21. The number of benzene rings is 2. The molecule has 0 N–H and O–H groups in total. The number of hydrogen-bond acceptors (Lipinski definition) is 3. The lowest BCUT2D eigenvalue weighted by Crippen LogP contribution is -2.43. The average molecular weight is 465 g/mol. The summed E-state index contributed by atoms with van der Waals surface area (Å²) < 4.78 is 6.77. The lowest BCUT2D eigenvalue weighted by Gasteiger charge is -2.37. The van der Waals surface area contributed by atoms with Crippen LogP contribution in [0.4, 0.5) is 11.4 Å². The Morgan fingerprint density at radius 3 is 1.32 bits per heavy atom. The van der Waals surface area contributed by atoms with E-state index in [0.717, 1.165) is 32.5 Å². The maximum Gasteiger partial charge on any atom is 0.210 e. The van der Waals surface area contributed by atoms with Crippen molar-refractivity contribution in [1.29, 1.82) is 0 Å². The highest BCUT2D eigenvalue weighted by Gasteiger charge is 2.38. The van der Waals surface area contributed by atoms with Gasteiger partial charge in [0.15, 0.2) is 0 Å². The van der Waals surface area contributed by atoms with Crippen LogP contribution in [0.5, 0.6) is 0 Å². The molecule has 2 aromatic rings. The van der Waals surface area contributed by atoms with Gasteiger partial charge in [-0.15, -0.1) is 0 Å². The van der Waals surface area contributed by atoms with Crippen molar-refractivity contribution in [3.8, 4) is 0 Å². The van der Waals surface area contributed by atoms with Gasteiger partial charge in [-0.05, 0) is 52.3 Å². The molecular weight excluding hydrogens is 416 g/mol. The molecule has 1 aliphatic heterocycles.